The summed E-state index contributed by atoms with van der Waals surface area (Å²) in [5, 5.41) is 11.1. The molecule has 2 N–H and O–H groups in total. The number of rotatable bonds is 4. The summed E-state index contributed by atoms with van der Waals surface area (Å²) in [6, 6.07) is 20.6. The number of hydrogen-bond acceptors (Lipinski definition) is 3. The lowest BCUT2D eigenvalue weighted by atomic mass is 10.1. The van der Waals surface area contributed by atoms with Gasteiger partial charge in [0.15, 0.2) is 0 Å². The van der Waals surface area contributed by atoms with Crippen LogP contribution in [0.2, 0.25) is 0 Å². The van der Waals surface area contributed by atoms with Crippen molar-refractivity contribution in [3.05, 3.63) is 60.7 Å². The van der Waals surface area contributed by atoms with Gasteiger partial charge in [0.05, 0.1) is 5.69 Å². The summed E-state index contributed by atoms with van der Waals surface area (Å²) in [6.45, 7) is 0.862. The van der Waals surface area contributed by atoms with Gasteiger partial charge >= 0.3 is 5.82 Å². The molecule has 0 atom stereocenters. The van der Waals surface area contributed by atoms with Gasteiger partial charge in [-0.25, -0.2) is 5.32 Å². The number of hydrogen-bond donors (Lipinski definition) is 1. The first-order valence-electron chi connectivity index (χ1n) is 8.04. The molecule has 0 spiro atoms. The van der Waals surface area contributed by atoms with Gasteiger partial charge in [0, 0.05) is 24.1 Å². The highest BCUT2D eigenvalue weighted by molar-refractivity contribution is 6.17. The summed E-state index contributed by atoms with van der Waals surface area (Å²) in [7, 11) is 0. The number of alkyl halides is 1. The maximum Gasteiger partial charge on any atom is 0.322 e. The molecule has 0 bridgehead atoms. The molecule has 4 rings (SSSR count). The molecule has 4 nitrogen and oxygen atoms in total. The molecule has 0 radical (unpaired) electrons. The fraction of sp³-hybridized carbons (Fsp3) is 0.158. The van der Waals surface area contributed by atoms with Gasteiger partial charge < -0.3 is 4.90 Å². The first kappa shape index (κ1) is 15.0. The quantitative estimate of drug-likeness (QED) is 0.718. The monoisotopic (exact) mass is 337 g/mol. The van der Waals surface area contributed by atoms with E-state index >= 15 is 0 Å². The Morgan fingerprint density at radius 2 is 1.79 bits per heavy atom. The van der Waals surface area contributed by atoms with Crippen LogP contribution in [-0.4, -0.2) is 17.5 Å². The van der Waals surface area contributed by atoms with Crippen molar-refractivity contribution < 1.29 is 5.10 Å². The fourth-order valence-corrected chi connectivity index (χ4v) is 3.13. The molecule has 0 amide bonds. The molecule has 120 valence electrons. The largest absolute Gasteiger partial charge is 0.331 e. The predicted molar refractivity (Wildman–Crippen MR) is 98.3 cm³/mol. The number of fused-ring (bicyclic) bond motifs is 2. The van der Waals surface area contributed by atoms with E-state index in [9.17, 15) is 0 Å². The lowest BCUT2D eigenvalue weighted by molar-refractivity contribution is -0.437. The van der Waals surface area contributed by atoms with Crippen molar-refractivity contribution in [2.75, 3.05) is 22.6 Å². The Labute approximate surface area is 146 Å². The van der Waals surface area contributed by atoms with Crippen LogP contribution < -0.4 is 15.3 Å². The Kier molecular flexibility index (Phi) is 4.05. The van der Waals surface area contributed by atoms with Gasteiger partial charge in [-0.1, -0.05) is 47.6 Å². The molecule has 1 aliphatic rings. The maximum absolute atomic E-state index is 5.94. The lowest BCUT2D eigenvalue weighted by Gasteiger charge is -2.29. The Balaban J connectivity index is 1.80. The van der Waals surface area contributed by atoms with Gasteiger partial charge in [0.25, 0.3) is 0 Å². The standard InChI is InChI=1S/C19H17ClN4/c20-11-6-12-24-17-10-5-4-9-15(17)21-19-18(24)13-16(22-23-19)14-7-2-1-3-8-14/h1-5,7-10,13H,6,11-12H2,(H,21,23)/p+1. The average molecular weight is 338 g/mol. The van der Waals surface area contributed by atoms with Gasteiger partial charge in [0.1, 0.15) is 17.1 Å². The van der Waals surface area contributed by atoms with Crippen LogP contribution in [0, 0.1) is 0 Å². The molecule has 0 unspecified atom stereocenters. The minimum absolute atomic E-state index is 0.641. The topological polar surface area (TPSA) is 42.3 Å². The highest BCUT2D eigenvalue weighted by Crippen LogP contribution is 2.42. The van der Waals surface area contributed by atoms with Crippen LogP contribution in [0.4, 0.5) is 22.9 Å². The zero-order valence-electron chi connectivity index (χ0n) is 13.2. The zero-order chi connectivity index (χ0) is 16.4. The molecule has 3 aromatic rings. The molecule has 5 heteroatoms. The normalized spacial score (nSPS) is 12.3. The van der Waals surface area contributed by atoms with E-state index in [-0.39, 0.29) is 0 Å². The van der Waals surface area contributed by atoms with Crippen LogP contribution in [0.1, 0.15) is 6.42 Å². The van der Waals surface area contributed by atoms with E-state index in [0.717, 1.165) is 47.1 Å². The van der Waals surface area contributed by atoms with Crippen LogP contribution in [0.15, 0.2) is 60.7 Å². The highest BCUT2D eigenvalue weighted by Gasteiger charge is 2.28. The summed E-state index contributed by atoms with van der Waals surface area (Å²) >= 11 is 5.94. The molecule has 1 aliphatic heterocycles. The molecular weight excluding hydrogens is 320 g/mol. The summed E-state index contributed by atoms with van der Waals surface area (Å²) in [6.07, 6.45) is 0.915. The number of aromatic amines is 1. The smallest absolute Gasteiger partial charge is 0.322 e. The van der Waals surface area contributed by atoms with Crippen molar-refractivity contribution in [1.29, 1.82) is 0 Å². The number of halogens is 1. The molecular formula is C19H18ClN4+. The molecule has 0 aliphatic carbocycles. The van der Waals surface area contributed by atoms with Crippen molar-refractivity contribution in [2.45, 2.75) is 6.42 Å². The Morgan fingerprint density at radius 1 is 1.00 bits per heavy atom. The Morgan fingerprint density at radius 3 is 2.62 bits per heavy atom. The van der Waals surface area contributed by atoms with E-state index in [1.54, 1.807) is 0 Å². The molecule has 2 aromatic carbocycles. The van der Waals surface area contributed by atoms with Crippen molar-refractivity contribution in [3.63, 3.8) is 0 Å². The summed E-state index contributed by atoms with van der Waals surface area (Å²) in [5.74, 6) is 1.55. The van der Waals surface area contributed by atoms with Gasteiger partial charge in [-0.05, 0) is 18.6 Å². The fourth-order valence-electron chi connectivity index (χ4n) is 3.01. The number of aromatic nitrogens is 2. The molecule has 0 saturated heterocycles. The van der Waals surface area contributed by atoms with Crippen molar-refractivity contribution >= 4 is 34.5 Å². The first-order chi connectivity index (χ1) is 11.9. The number of para-hydroxylation sites is 2. The second-order valence-corrected chi connectivity index (χ2v) is 6.09. The van der Waals surface area contributed by atoms with E-state index in [1.165, 1.54) is 0 Å². The zero-order valence-corrected chi connectivity index (χ0v) is 13.9. The minimum atomic E-state index is 0.641. The van der Waals surface area contributed by atoms with Crippen molar-refractivity contribution in [2.24, 2.45) is 0 Å². The molecule has 1 aromatic heterocycles. The summed E-state index contributed by atoms with van der Waals surface area (Å²) in [5.41, 5.74) is 5.34. The second-order valence-electron chi connectivity index (χ2n) is 5.72. The Bertz CT molecular complexity index is 851. The molecule has 0 fully saturated rings. The van der Waals surface area contributed by atoms with Crippen LogP contribution in [0.25, 0.3) is 11.3 Å². The third-order valence-electron chi connectivity index (χ3n) is 4.15. The van der Waals surface area contributed by atoms with E-state index in [1.807, 2.05) is 24.3 Å². The third-order valence-corrected chi connectivity index (χ3v) is 4.42. The number of H-pyrrole nitrogens is 1. The van der Waals surface area contributed by atoms with Crippen molar-refractivity contribution in [3.8, 4) is 11.3 Å². The number of benzene rings is 2. The number of nitrogens with zero attached hydrogens (tertiary/aromatic N) is 2. The first-order valence-corrected chi connectivity index (χ1v) is 8.58. The number of nitrogens with one attached hydrogen (secondary N) is 2. The maximum atomic E-state index is 5.94. The SMILES string of the molecule is ClCCCN1c2ccccc2Nc2[nH+]nc(-c3ccccc3)cc21. The summed E-state index contributed by atoms with van der Waals surface area (Å²) in [4.78, 5) is 2.30. The Hall–Kier alpha value is -2.59. The van der Waals surface area contributed by atoms with Gasteiger partial charge in [-0.3, -0.25) is 0 Å². The van der Waals surface area contributed by atoms with E-state index < -0.39 is 0 Å². The van der Waals surface area contributed by atoms with Gasteiger partial charge in [-0.15, -0.1) is 16.7 Å². The van der Waals surface area contributed by atoms with E-state index in [4.69, 9.17) is 11.6 Å². The van der Waals surface area contributed by atoms with Crippen LogP contribution >= 0.6 is 11.6 Å². The number of anilines is 4. The van der Waals surface area contributed by atoms with Crippen LogP contribution in [0.5, 0.6) is 0 Å². The van der Waals surface area contributed by atoms with Gasteiger partial charge in [-0.2, -0.15) is 0 Å². The third kappa shape index (κ3) is 2.69. The average Bonchev–Trinajstić information content (AvgIpc) is 2.65. The molecule has 0 saturated carbocycles. The lowest BCUT2D eigenvalue weighted by Crippen LogP contribution is -2.29. The van der Waals surface area contributed by atoms with Crippen LogP contribution in [0.3, 0.4) is 0 Å². The molecule has 2 heterocycles. The minimum Gasteiger partial charge on any atom is -0.331 e. The van der Waals surface area contributed by atoms with E-state index in [0.29, 0.717) is 5.88 Å². The highest BCUT2D eigenvalue weighted by atomic mass is 35.5. The summed E-state index contributed by atoms with van der Waals surface area (Å²) < 4.78 is 0. The predicted octanol–water partition coefficient (Wildman–Crippen LogP) is 4.39. The van der Waals surface area contributed by atoms with Crippen molar-refractivity contribution in [1.82, 2.24) is 5.10 Å². The molecule has 24 heavy (non-hydrogen) atoms. The second kappa shape index (κ2) is 6.49. The van der Waals surface area contributed by atoms with Crippen LogP contribution in [-0.2, 0) is 0 Å². The van der Waals surface area contributed by atoms with Gasteiger partial charge in [0.2, 0.25) is 0 Å². The van der Waals surface area contributed by atoms with E-state index in [2.05, 4.69) is 56.8 Å².